The van der Waals surface area contributed by atoms with Crippen molar-refractivity contribution in [3.05, 3.63) is 157 Å². The van der Waals surface area contributed by atoms with Crippen molar-refractivity contribution in [2.45, 2.75) is 0 Å². The SMILES string of the molecule is Clc1c(N(c2ccccc2)c2ccccc2)cccc1N(c1ccccc1)c1ccc2nc3sc4ccccc4n3c2c1. The molecule has 6 heteroatoms. The van der Waals surface area contributed by atoms with Crippen LogP contribution in [0, 0.1) is 0 Å². The second-order valence-corrected chi connectivity index (χ2v) is 11.6. The van der Waals surface area contributed by atoms with Gasteiger partial charge in [-0.1, -0.05) is 95.7 Å². The fourth-order valence-corrected chi connectivity index (χ4v) is 7.08. The molecule has 0 atom stereocenters. The van der Waals surface area contributed by atoms with Gasteiger partial charge in [-0.3, -0.25) is 4.40 Å². The minimum absolute atomic E-state index is 0.651. The Bertz CT molecular complexity index is 2170. The average molecular weight is 593 g/mol. The van der Waals surface area contributed by atoms with E-state index in [1.807, 2.05) is 18.2 Å². The number of fused-ring (bicyclic) bond motifs is 5. The van der Waals surface area contributed by atoms with Crippen LogP contribution < -0.4 is 9.80 Å². The van der Waals surface area contributed by atoms with Gasteiger partial charge < -0.3 is 9.80 Å². The molecule has 0 amide bonds. The number of aromatic nitrogens is 2. The zero-order valence-electron chi connectivity index (χ0n) is 23.0. The lowest BCUT2D eigenvalue weighted by molar-refractivity contribution is 1.25. The number of anilines is 6. The molecule has 0 spiro atoms. The van der Waals surface area contributed by atoms with Crippen LogP contribution >= 0.6 is 22.9 Å². The monoisotopic (exact) mass is 592 g/mol. The molecule has 0 fully saturated rings. The van der Waals surface area contributed by atoms with Crippen molar-refractivity contribution in [1.29, 1.82) is 0 Å². The van der Waals surface area contributed by atoms with Crippen LogP contribution in [0.15, 0.2) is 152 Å². The van der Waals surface area contributed by atoms with Gasteiger partial charge in [0.15, 0.2) is 4.96 Å². The second kappa shape index (κ2) is 10.6. The molecule has 4 nitrogen and oxygen atoms in total. The van der Waals surface area contributed by atoms with Gasteiger partial charge in [0.05, 0.1) is 37.6 Å². The standard InChI is InChI=1S/C37H25ClN4S/c38-36-32(40(26-13-4-1-5-14-26)27-15-6-2-7-16-27)20-12-21-33(36)41(28-17-8-3-9-18-28)29-23-24-30-34(25-29)42-31-19-10-11-22-35(31)43-37(42)39-30/h1-25H. The summed E-state index contributed by atoms with van der Waals surface area (Å²) in [6, 6.07) is 52.2. The predicted octanol–water partition coefficient (Wildman–Crippen LogP) is 11.3. The number of hydrogen-bond acceptors (Lipinski definition) is 4. The van der Waals surface area contributed by atoms with Gasteiger partial charge in [-0.25, -0.2) is 4.98 Å². The van der Waals surface area contributed by atoms with Crippen molar-refractivity contribution < 1.29 is 0 Å². The van der Waals surface area contributed by atoms with Crippen LogP contribution in [0.5, 0.6) is 0 Å². The smallest absolute Gasteiger partial charge is 0.195 e. The molecule has 2 heterocycles. The maximum Gasteiger partial charge on any atom is 0.195 e. The van der Waals surface area contributed by atoms with E-state index in [2.05, 4.69) is 148 Å². The van der Waals surface area contributed by atoms with Crippen molar-refractivity contribution in [3.63, 3.8) is 0 Å². The summed E-state index contributed by atoms with van der Waals surface area (Å²) >= 11 is 9.16. The van der Waals surface area contributed by atoms with E-state index in [4.69, 9.17) is 16.6 Å². The first kappa shape index (κ1) is 25.6. The molecule has 6 aromatic carbocycles. The van der Waals surface area contributed by atoms with E-state index in [0.29, 0.717) is 5.02 Å². The van der Waals surface area contributed by atoms with Crippen LogP contribution in [0.2, 0.25) is 5.02 Å². The molecule has 206 valence electrons. The van der Waals surface area contributed by atoms with Crippen molar-refractivity contribution in [1.82, 2.24) is 9.38 Å². The highest BCUT2D eigenvalue weighted by Crippen LogP contribution is 2.47. The summed E-state index contributed by atoms with van der Waals surface area (Å²) in [6.07, 6.45) is 0. The number of imidazole rings is 1. The molecule has 0 N–H and O–H groups in total. The zero-order valence-corrected chi connectivity index (χ0v) is 24.6. The first-order valence-electron chi connectivity index (χ1n) is 14.1. The van der Waals surface area contributed by atoms with E-state index >= 15 is 0 Å². The normalized spacial score (nSPS) is 11.4. The summed E-state index contributed by atoms with van der Waals surface area (Å²) in [5.74, 6) is 0. The Hall–Kier alpha value is -5.10. The molecule has 2 aromatic heterocycles. The quantitative estimate of drug-likeness (QED) is 0.192. The van der Waals surface area contributed by atoms with Gasteiger partial charge in [-0.05, 0) is 78.9 Å². The molecule has 8 rings (SSSR count). The number of rotatable bonds is 6. The fraction of sp³-hybridized carbons (Fsp3) is 0. The fourth-order valence-electron chi connectivity index (χ4n) is 5.75. The van der Waals surface area contributed by atoms with E-state index in [1.165, 1.54) is 4.70 Å². The lowest BCUT2D eigenvalue weighted by Crippen LogP contribution is -2.14. The number of benzene rings is 6. The Kier molecular flexibility index (Phi) is 6.33. The van der Waals surface area contributed by atoms with Crippen LogP contribution in [0.3, 0.4) is 0 Å². The minimum atomic E-state index is 0.651. The molecule has 0 radical (unpaired) electrons. The number of para-hydroxylation sites is 4. The van der Waals surface area contributed by atoms with Crippen LogP contribution in [0.1, 0.15) is 0 Å². The third-order valence-electron chi connectivity index (χ3n) is 7.66. The van der Waals surface area contributed by atoms with E-state index in [1.54, 1.807) is 11.3 Å². The zero-order chi connectivity index (χ0) is 28.8. The first-order chi connectivity index (χ1) is 21.3. The topological polar surface area (TPSA) is 23.8 Å². The predicted molar refractivity (Wildman–Crippen MR) is 182 cm³/mol. The molecule has 8 aromatic rings. The highest BCUT2D eigenvalue weighted by atomic mass is 35.5. The summed E-state index contributed by atoms with van der Waals surface area (Å²) in [5.41, 5.74) is 9.06. The molecule has 43 heavy (non-hydrogen) atoms. The van der Waals surface area contributed by atoms with Gasteiger partial charge in [-0.2, -0.15) is 0 Å². The lowest BCUT2D eigenvalue weighted by Gasteiger charge is -2.31. The summed E-state index contributed by atoms with van der Waals surface area (Å²) < 4.78 is 3.47. The molecule has 0 saturated carbocycles. The largest absolute Gasteiger partial charge is 0.309 e. The van der Waals surface area contributed by atoms with Gasteiger partial charge in [0.25, 0.3) is 0 Å². The van der Waals surface area contributed by atoms with Gasteiger partial charge in [-0.15, -0.1) is 0 Å². The second-order valence-electron chi connectivity index (χ2n) is 10.3. The van der Waals surface area contributed by atoms with Gasteiger partial charge in [0, 0.05) is 22.7 Å². The Morgan fingerprint density at radius 1 is 0.512 bits per heavy atom. The van der Waals surface area contributed by atoms with Crippen molar-refractivity contribution in [3.8, 4) is 0 Å². The Morgan fingerprint density at radius 3 is 1.65 bits per heavy atom. The number of nitrogens with zero attached hydrogens (tertiary/aromatic N) is 4. The van der Waals surface area contributed by atoms with Crippen LogP contribution in [-0.2, 0) is 0 Å². The Morgan fingerprint density at radius 2 is 1.05 bits per heavy atom. The molecular weight excluding hydrogens is 568 g/mol. The molecule has 0 unspecified atom stereocenters. The van der Waals surface area contributed by atoms with Crippen LogP contribution in [0.25, 0.3) is 26.2 Å². The molecular formula is C37H25ClN4S. The van der Waals surface area contributed by atoms with Gasteiger partial charge in [0.1, 0.15) is 0 Å². The number of thiazole rings is 1. The number of halogens is 1. The maximum absolute atomic E-state index is 7.45. The first-order valence-corrected chi connectivity index (χ1v) is 15.3. The molecule has 0 saturated heterocycles. The Balaban J connectivity index is 1.34. The molecule has 0 aliphatic heterocycles. The summed E-state index contributed by atoms with van der Waals surface area (Å²) in [6.45, 7) is 0. The maximum atomic E-state index is 7.45. The van der Waals surface area contributed by atoms with Gasteiger partial charge in [0.2, 0.25) is 0 Å². The summed E-state index contributed by atoms with van der Waals surface area (Å²) in [7, 11) is 0. The highest BCUT2D eigenvalue weighted by molar-refractivity contribution is 7.23. The van der Waals surface area contributed by atoms with Gasteiger partial charge >= 0.3 is 0 Å². The summed E-state index contributed by atoms with van der Waals surface area (Å²) in [4.78, 5) is 10.4. The van der Waals surface area contributed by atoms with Crippen molar-refractivity contribution in [2.24, 2.45) is 0 Å². The van der Waals surface area contributed by atoms with E-state index in [-0.39, 0.29) is 0 Å². The molecule has 0 aliphatic rings. The minimum Gasteiger partial charge on any atom is -0.309 e. The van der Waals surface area contributed by atoms with Crippen LogP contribution in [0.4, 0.5) is 34.1 Å². The van der Waals surface area contributed by atoms with E-state index < -0.39 is 0 Å². The highest BCUT2D eigenvalue weighted by Gasteiger charge is 2.23. The summed E-state index contributed by atoms with van der Waals surface area (Å²) in [5, 5.41) is 0.651. The van der Waals surface area contributed by atoms with E-state index in [0.717, 1.165) is 55.6 Å². The lowest BCUT2D eigenvalue weighted by atomic mass is 10.1. The third-order valence-corrected chi connectivity index (χ3v) is 9.06. The van der Waals surface area contributed by atoms with Crippen LogP contribution in [-0.4, -0.2) is 9.38 Å². The number of hydrogen-bond donors (Lipinski definition) is 0. The van der Waals surface area contributed by atoms with Crippen molar-refractivity contribution >= 4 is 83.3 Å². The van der Waals surface area contributed by atoms with E-state index in [9.17, 15) is 0 Å². The third kappa shape index (κ3) is 4.41. The Labute approximate surface area is 258 Å². The molecule has 0 bridgehead atoms. The molecule has 0 aliphatic carbocycles. The average Bonchev–Trinajstić information content (AvgIpc) is 3.60. The van der Waals surface area contributed by atoms with Crippen molar-refractivity contribution in [2.75, 3.05) is 9.80 Å².